The van der Waals surface area contributed by atoms with Crippen LogP contribution in [0, 0.1) is 58.6 Å². The van der Waals surface area contributed by atoms with Gasteiger partial charge in [-0.1, -0.05) is 110 Å². The predicted molar refractivity (Wildman–Crippen MR) is 241 cm³/mol. The molecule has 7 rings (SSSR count). The maximum Gasteiger partial charge on any atom is 0.162 e. The third-order valence-electron chi connectivity index (χ3n) is 11.3. The number of rotatable bonds is 10. The Morgan fingerprint density at radius 3 is 1.84 bits per heavy atom. The number of aryl methyl sites for hydroxylation is 5. The minimum absolute atomic E-state index is 0. The molecular weight excluding hydrogens is 889 g/mol. The molecule has 1 saturated carbocycles. The van der Waals surface area contributed by atoms with Crippen LogP contribution in [0.3, 0.4) is 0 Å². The van der Waals surface area contributed by atoms with Gasteiger partial charge in [-0.3, -0.25) is 4.79 Å². The molecule has 2 aromatic heterocycles. The van der Waals surface area contributed by atoms with Crippen LogP contribution < -0.4 is 0 Å². The van der Waals surface area contributed by atoms with E-state index in [4.69, 9.17) is 2.74 Å². The van der Waals surface area contributed by atoms with Gasteiger partial charge in [-0.15, -0.1) is 69.8 Å². The Morgan fingerprint density at radius 1 is 0.724 bits per heavy atom. The second-order valence-electron chi connectivity index (χ2n) is 15.9. The Hall–Kier alpha value is -4.44. The van der Waals surface area contributed by atoms with E-state index in [0.29, 0.717) is 5.92 Å². The van der Waals surface area contributed by atoms with Crippen molar-refractivity contribution in [1.82, 2.24) is 9.97 Å². The number of benzene rings is 4. The van der Waals surface area contributed by atoms with E-state index in [0.717, 1.165) is 75.7 Å². The number of fused-ring (bicyclic) bond motifs is 2. The number of nitrogens with zero attached hydrogens (tertiary/aromatic N) is 2. The minimum atomic E-state index is 0. The van der Waals surface area contributed by atoms with Crippen molar-refractivity contribution in [1.29, 1.82) is 0 Å². The molecule has 0 spiro atoms. The molecule has 1 fully saturated rings. The second kappa shape index (κ2) is 22.1. The average Bonchev–Trinajstić information content (AvgIpc) is 3.75. The summed E-state index contributed by atoms with van der Waals surface area (Å²) in [5.74, 6) is 1.15. The first-order valence-corrected chi connectivity index (χ1v) is 21.0. The van der Waals surface area contributed by atoms with Crippen molar-refractivity contribution in [3.8, 4) is 22.5 Å². The molecule has 0 aliphatic heterocycles. The summed E-state index contributed by atoms with van der Waals surface area (Å²) < 4.78 is 16.5. The Labute approximate surface area is 364 Å². The molecule has 0 amide bonds. The summed E-state index contributed by atoms with van der Waals surface area (Å²) in [5.41, 5.74) is 11.0. The van der Waals surface area contributed by atoms with Gasteiger partial charge in [0.2, 0.25) is 0 Å². The summed E-state index contributed by atoms with van der Waals surface area (Å²) in [6.07, 6.45) is 11.9. The first kappa shape index (κ1) is 43.1. The van der Waals surface area contributed by atoms with Gasteiger partial charge in [0, 0.05) is 50.4 Å². The summed E-state index contributed by atoms with van der Waals surface area (Å²) in [5, 5.41) is 14.0. The van der Waals surface area contributed by atoms with Gasteiger partial charge in [-0.2, -0.15) is 0 Å². The Balaban J connectivity index is 0.000000205. The molecule has 4 aromatic carbocycles. The number of carbonyl (C=O) groups is 1. The van der Waals surface area contributed by atoms with E-state index < -0.39 is 0 Å². The van der Waals surface area contributed by atoms with E-state index in [1.165, 1.54) is 59.2 Å². The molecule has 1 aliphatic carbocycles. The fraction of sp³-hybridized carbons (Fsp3) is 0.377. The molecule has 0 unspecified atom stereocenters. The quantitative estimate of drug-likeness (QED) is 0.0844. The van der Waals surface area contributed by atoms with Crippen molar-refractivity contribution in [3.63, 3.8) is 0 Å². The van der Waals surface area contributed by atoms with E-state index in [1.807, 2.05) is 40.8 Å². The van der Waals surface area contributed by atoms with Crippen LogP contribution in [0.15, 0.2) is 97.0 Å². The summed E-state index contributed by atoms with van der Waals surface area (Å²) in [6, 6.07) is 30.4. The molecule has 1 aliphatic rings. The van der Waals surface area contributed by atoms with E-state index in [1.54, 1.807) is 0 Å². The third kappa shape index (κ3) is 12.1. The Morgan fingerprint density at radius 2 is 1.28 bits per heavy atom. The van der Waals surface area contributed by atoms with E-state index in [9.17, 15) is 9.90 Å². The predicted octanol–water partition coefficient (Wildman–Crippen LogP) is 14.5. The number of aliphatic hydroxyl groups is 1. The molecule has 1 N–H and O–H groups in total. The SMILES string of the molecule is CCC(CC)C(=O)/C=C(\O)C(CC)CC.Cc1[c-]c(-c2nccc3cc(C)ccc23)cc(C)c1.[2H]c1nc(-c2[c-]c(C)cc(C)c2)c2ccc(C3CCCC3)cc2c1[2H].[Ir]. The normalized spacial score (nSPS) is 13.4. The first-order chi connectivity index (χ1) is 28.3. The molecule has 6 aromatic rings. The van der Waals surface area contributed by atoms with Crippen molar-refractivity contribution in [2.75, 3.05) is 0 Å². The van der Waals surface area contributed by atoms with Gasteiger partial charge < -0.3 is 15.1 Å². The molecule has 4 nitrogen and oxygen atoms in total. The van der Waals surface area contributed by atoms with Crippen LogP contribution in [0.1, 0.15) is 121 Å². The number of pyridine rings is 2. The molecule has 58 heavy (non-hydrogen) atoms. The van der Waals surface area contributed by atoms with Crippen LogP contribution in [0.2, 0.25) is 0 Å². The van der Waals surface area contributed by atoms with Gasteiger partial charge in [-0.05, 0) is 102 Å². The number of allylic oxidation sites excluding steroid dienone is 2. The molecular formula is C53H62IrN2O2-2. The van der Waals surface area contributed by atoms with Gasteiger partial charge >= 0.3 is 0 Å². The van der Waals surface area contributed by atoms with E-state index in [2.05, 4.69) is 117 Å². The van der Waals surface area contributed by atoms with Crippen LogP contribution in [0.5, 0.6) is 0 Å². The van der Waals surface area contributed by atoms with Gasteiger partial charge in [0.25, 0.3) is 0 Å². The number of ketones is 1. The molecule has 0 atom stereocenters. The summed E-state index contributed by atoms with van der Waals surface area (Å²) in [7, 11) is 0. The average molecular weight is 953 g/mol. The fourth-order valence-corrected chi connectivity index (χ4v) is 8.13. The molecule has 2 heterocycles. The monoisotopic (exact) mass is 953 g/mol. The number of aromatic nitrogens is 2. The third-order valence-corrected chi connectivity index (χ3v) is 11.3. The second-order valence-corrected chi connectivity index (χ2v) is 15.9. The van der Waals surface area contributed by atoms with Gasteiger partial charge in [0.1, 0.15) is 0 Å². The largest absolute Gasteiger partial charge is 0.512 e. The number of hydrogen-bond donors (Lipinski definition) is 1. The van der Waals surface area contributed by atoms with Crippen LogP contribution in [0.4, 0.5) is 0 Å². The number of carbonyl (C=O) groups excluding carboxylic acids is 1. The van der Waals surface area contributed by atoms with Gasteiger partial charge in [-0.25, -0.2) is 0 Å². The Bertz CT molecular complexity index is 2390. The minimum Gasteiger partial charge on any atom is -0.512 e. The number of hydrogen-bond acceptors (Lipinski definition) is 4. The van der Waals surface area contributed by atoms with Crippen molar-refractivity contribution in [3.05, 3.63) is 142 Å². The fourth-order valence-electron chi connectivity index (χ4n) is 8.13. The summed E-state index contributed by atoms with van der Waals surface area (Å²) in [4.78, 5) is 20.7. The van der Waals surface area contributed by atoms with E-state index in [-0.39, 0.29) is 55.7 Å². The van der Waals surface area contributed by atoms with Crippen molar-refractivity contribution in [2.45, 2.75) is 120 Å². The zero-order valence-corrected chi connectivity index (χ0v) is 38.4. The first-order valence-electron chi connectivity index (χ1n) is 22.0. The maximum atomic E-state index is 11.7. The van der Waals surface area contributed by atoms with Crippen LogP contribution in [0.25, 0.3) is 44.1 Å². The number of aliphatic hydroxyl groups excluding tert-OH is 1. The Kier molecular flexibility index (Phi) is 16.4. The van der Waals surface area contributed by atoms with Crippen molar-refractivity contribution in [2.24, 2.45) is 11.8 Å². The van der Waals surface area contributed by atoms with Crippen molar-refractivity contribution >= 4 is 27.3 Å². The van der Waals surface area contributed by atoms with Gasteiger partial charge in [0.15, 0.2) is 5.78 Å². The van der Waals surface area contributed by atoms with Crippen LogP contribution >= 0.6 is 0 Å². The molecule has 307 valence electrons. The topological polar surface area (TPSA) is 63.1 Å². The molecule has 1 radical (unpaired) electrons. The molecule has 0 bridgehead atoms. The molecule has 5 heteroatoms. The summed E-state index contributed by atoms with van der Waals surface area (Å²) >= 11 is 0. The van der Waals surface area contributed by atoms with E-state index >= 15 is 0 Å². The standard InChI is InChI=1S/C22H22N.C18H16N.C13H24O2.Ir/c1-15-11-16(2)13-20(12-15)22-21-8-7-18(17-5-3-4-6-17)14-19(21)9-10-23-22;1-12-4-5-17-15(9-12)6-7-19-18(17)16-10-13(2)8-14(3)11-16;1-5-10(6-2)12(14)9-13(15)11(7-3)8-4;/h7-12,14,17H,3-6H2,1-2H3;4-10H,1-3H3;9-11,14H,5-8H2,1-4H3;/q2*-1;;/b;;12-9-;/i9D,10D;;;. The maximum absolute atomic E-state index is 11.7. The van der Waals surface area contributed by atoms with Gasteiger partial charge in [0.05, 0.1) is 8.50 Å². The zero-order valence-electron chi connectivity index (χ0n) is 38.0. The zero-order chi connectivity index (χ0) is 42.8. The van der Waals surface area contributed by atoms with Crippen LogP contribution in [-0.2, 0) is 24.9 Å². The molecule has 0 saturated heterocycles. The summed E-state index contributed by atoms with van der Waals surface area (Å²) in [6.45, 7) is 18.5. The van der Waals surface area contributed by atoms with Crippen molar-refractivity contribution < 1.29 is 32.7 Å². The smallest absolute Gasteiger partial charge is 0.162 e. The van der Waals surface area contributed by atoms with Crippen LogP contribution in [-0.4, -0.2) is 20.9 Å².